The number of nitrogens with one attached hydrogen (secondary N) is 1. The Kier molecular flexibility index (Phi) is 6.61. The summed E-state index contributed by atoms with van der Waals surface area (Å²) < 4.78 is 5.44. The Hall–Kier alpha value is -2.06. The molecule has 1 atom stereocenters. The maximum Gasteiger partial charge on any atom is 0.260 e. The number of nitrogens with zero attached hydrogens (tertiary/aromatic N) is 2. The van der Waals surface area contributed by atoms with Gasteiger partial charge in [-0.2, -0.15) is 0 Å². The second kappa shape index (κ2) is 8.96. The van der Waals surface area contributed by atoms with E-state index in [4.69, 9.17) is 4.74 Å². The summed E-state index contributed by atoms with van der Waals surface area (Å²) in [4.78, 5) is 23.0. The maximum absolute atomic E-state index is 12.8. The van der Waals surface area contributed by atoms with Gasteiger partial charge in [0, 0.05) is 17.5 Å². The number of likely N-dealkylation sites (N-methyl/N-ethyl adjacent to an activating group) is 1. The van der Waals surface area contributed by atoms with Crippen molar-refractivity contribution < 1.29 is 9.84 Å². The predicted molar refractivity (Wildman–Crippen MR) is 114 cm³/mol. The van der Waals surface area contributed by atoms with E-state index in [0.717, 1.165) is 21.5 Å². The number of ether oxygens (including phenoxy) is 1. The second-order valence-electron chi connectivity index (χ2n) is 7.39. The van der Waals surface area contributed by atoms with E-state index in [1.165, 1.54) is 11.3 Å². The Morgan fingerprint density at radius 3 is 2.75 bits per heavy atom. The highest BCUT2D eigenvalue weighted by Crippen LogP contribution is 2.32. The first kappa shape index (κ1) is 20.7. The molecule has 3 rings (SSSR count). The molecule has 0 bridgehead atoms. The fourth-order valence-corrected chi connectivity index (χ4v) is 4.14. The zero-order valence-corrected chi connectivity index (χ0v) is 17.5. The van der Waals surface area contributed by atoms with Crippen LogP contribution in [0.1, 0.15) is 25.2 Å². The molecule has 1 aromatic carbocycles. The lowest BCUT2D eigenvalue weighted by atomic mass is 10.0. The van der Waals surface area contributed by atoms with Crippen LogP contribution in [0.25, 0.3) is 21.3 Å². The Morgan fingerprint density at radius 1 is 1.29 bits per heavy atom. The minimum Gasteiger partial charge on any atom is -0.389 e. The van der Waals surface area contributed by atoms with Crippen LogP contribution in [0.2, 0.25) is 0 Å². The van der Waals surface area contributed by atoms with Crippen LogP contribution >= 0.6 is 11.3 Å². The molecular formula is C21H27N3O3S. The minimum atomic E-state index is -0.586. The number of aromatic nitrogens is 2. The lowest BCUT2D eigenvalue weighted by Crippen LogP contribution is -2.33. The third kappa shape index (κ3) is 4.86. The number of aliphatic hydroxyl groups excluding tert-OH is 1. The van der Waals surface area contributed by atoms with Crippen LogP contribution < -0.4 is 5.56 Å². The number of aromatic amines is 1. The molecule has 0 aliphatic heterocycles. The zero-order valence-electron chi connectivity index (χ0n) is 16.7. The zero-order chi connectivity index (χ0) is 20.3. The van der Waals surface area contributed by atoms with Crippen LogP contribution in [0.4, 0.5) is 0 Å². The van der Waals surface area contributed by atoms with Crippen molar-refractivity contribution in [1.82, 2.24) is 14.9 Å². The van der Waals surface area contributed by atoms with Gasteiger partial charge in [-0.05, 0) is 38.9 Å². The molecular weight excluding hydrogens is 374 g/mol. The number of thiophene rings is 1. The number of fused-ring (bicyclic) bond motifs is 1. The standard InChI is InChI=1S/C21H27N3O3S/c1-13(2)27-11-15(25)9-24(4)10-18-22-20(26)19-17(12-28-21(19)23-18)16-8-6-5-7-14(16)3/h5-8,12-13,15,25H,9-11H2,1-4H3,(H,22,23,26). The van der Waals surface area contributed by atoms with Crippen molar-refractivity contribution in [2.24, 2.45) is 0 Å². The van der Waals surface area contributed by atoms with Crippen LogP contribution in [0.5, 0.6) is 0 Å². The van der Waals surface area contributed by atoms with Crippen LogP contribution in [-0.2, 0) is 11.3 Å². The molecule has 150 valence electrons. The normalized spacial score (nSPS) is 13.0. The van der Waals surface area contributed by atoms with Gasteiger partial charge in [0.25, 0.3) is 5.56 Å². The average molecular weight is 402 g/mol. The van der Waals surface area contributed by atoms with Crippen LogP contribution in [-0.4, -0.2) is 52.4 Å². The summed E-state index contributed by atoms with van der Waals surface area (Å²) in [6.07, 6.45) is -0.501. The summed E-state index contributed by atoms with van der Waals surface area (Å²) in [7, 11) is 1.88. The SMILES string of the molecule is Cc1ccccc1-c1csc2nc(CN(C)CC(O)COC(C)C)[nH]c(=O)c12. The molecule has 0 aliphatic rings. The molecule has 0 saturated carbocycles. The first-order valence-corrected chi connectivity index (χ1v) is 10.3. The smallest absolute Gasteiger partial charge is 0.260 e. The Morgan fingerprint density at radius 2 is 2.04 bits per heavy atom. The van der Waals surface area contributed by atoms with Crippen molar-refractivity contribution in [3.8, 4) is 11.1 Å². The van der Waals surface area contributed by atoms with Gasteiger partial charge in [-0.15, -0.1) is 11.3 Å². The van der Waals surface area contributed by atoms with Crippen LogP contribution in [0, 0.1) is 6.92 Å². The average Bonchev–Trinajstić information content (AvgIpc) is 3.04. The molecule has 0 amide bonds. The topological polar surface area (TPSA) is 78.5 Å². The number of hydrogen-bond acceptors (Lipinski definition) is 6. The summed E-state index contributed by atoms with van der Waals surface area (Å²) in [5.41, 5.74) is 2.98. The highest BCUT2D eigenvalue weighted by atomic mass is 32.1. The molecule has 0 saturated heterocycles. The van der Waals surface area contributed by atoms with Gasteiger partial charge in [0.1, 0.15) is 10.7 Å². The Labute approximate surface area is 168 Å². The Bertz CT molecular complexity index is 996. The highest BCUT2D eigenvalue weighted by Gasteiger charge is 2.16. The summed E-state index contributed by atoms with van der Waals surface area (Å²) in [6, 6.07) is 8.03. The van der Waals surface area contributed by atoms with Gasteiger partial charge in [-0.1, -0.05) is 24.3 Å². The van der Waals surface area contributed by atoms with Crippen molar-refractivity contribution >= 4 is 21.6 Å². The van der Waals surface area contributed by atoms with Crippen molar-refractivity contribution in [3.63, 3.8) is 0 Å². The minimum absolute atomic E-state index is 0.0849. The molecule has 3 aromatic rings. The van der Waals surface area contributed by atoms with Gasteiger partial charge < -0.3 is 14.8 Å². The lowest BCUT2D eigenvalue weighted by Gasteiger charge is -2.20. The van der Waals surface area contributed by atoms with Crippen molar-refractivity contribution in [3.05, 3.63) is 51.4 Å². The maximum atomic E-state index is 12.8. The molecule has 2 aromatic heterocycles. The van der Waals surface area contributed by atoms with Crippen molar-refractivity contribution in [2.75, 3.05) is 20.2 Å². The molecule has 2 N–H and O–H groups in total. The summed E-state index contributed by atoms with van der Waals surface area (Å²) >= 11 is 1.48. The summed E-state index contributed by atoms with van der Waals surface area (Å²) in [5, 5.41) is 12.7. The molecule has 6 nitrogen and oxygen atoms in total. The molecule has 0 fully saturated rings. The molecule has 0 radical (unpaired) electrons. The molecule has 1 unspecified atom stereocenters. The Balaban J connectivity index is 1.78. The number of aryl methyl sites for hydroxylation is 1. The highest BCUT2D eigenvalue weighted by molar-refractivity contribution is 7.17. The molecule has 0 aliphatic carbocycles. The summed E-state index contributed by atoms with van der Waals surface area (Å²) in [6.45, 7) is 7.09. The monoisotopic (exact) mass is 401 g/mol. The third-order valence-corrected chi connectivity index (χ3v) is 5.36. The molecule has 0 spiro atoms. The van der Waals surface area contributed by atoms with Gasteiger partial charge in [0.15, 0.2) is 0 Å². The second-order valence-corrected chi connectivity index (χ2v) is 8.25. The van der Waals surface area contributed by atoms with E-state index < -0.39 is 6.10 Å². The van der Waals surface area contributed by atoms with Gasteiger partial charge >= 0.3 is 0 Å². The number of H-pyrrole nitrogens is 1. The fourth-order valence-electron chi connectivity index (χ4n) is 3.18. The largest absolute Gasteiger partial charge is 0.389 e. The quantitative estimate of drug-likeness (QED) is 0.606. The van der Waals surface area contributed by atoms with E-state index in [1.54, 1.807) is 0 Å². The summed E-state index contributed by atoms with van der Waals surface area (Å²) in [5.74, 6) is 0.593. The van der Waals surface area contributed by atoms with Crippen molar-refractivity contribution in [2.45, 2.75) is 39.5 Å². The first-order valence-electron chi connectivity index (χ1n) is 9.39. The van der Waals surface area contributed by atoms with E-state index >= 15 is 0 Å². The van der Waals surface area contributed by atoms with Crippen LogP contribution in [0.15, 0.2) is 34.4 Å². The molecule has 7 heteroatoms. The predicted octanol–water partition coefficient (Wildman–Crippen LogP) is 3.18. The van der Waals surface area contributed by atoms with E-state index in [9.17, 15) is 9.90 Å². The third-order valence-electron chi connectivity index (χ3n) is 4.49. The van der Waals surface area contributed by atoms with Gasteiger partial charge in [0.05, 0.1) is 30.7 Å². The van der Waals surface area contributed by atoms with Gasteiger partial charge in [0.2, 0.25) is 0 Å². The van der Waals surface area contributed by atoms with E-state index in [0.29, 0.717) is 24.3 Å². The molecule has 28 heavy (non-hydrogen) atoms. The number of rotatable bonds is 8. The van der Waals surface area contributed by atoms with E-state index in [1.807, 2.05) is 62.4 Å². The van der Waals surface area contributed by atoms with Crippen LogP contribution in [0.3, 0.4) is 0 Å². The number of benzene rings is 1. The van der Waals surface area contributed by atoms with E-state index in [2.05, 4.69) is 9.97 Å². The van der Waals surface area contributed by atoms with Gasteiger partial charge in [-0.25, -0.2) is 4.98 Å². The number of hydrogen-bond donors (Lipinski definition) is 2. The molecule has 2 heterocycles. The lowest BCUT2D eigenvalue weighted by molar-refractivity contribution is -0.00656. The van der Waals surface area contributed by atoms with Gasteiger partial charge in [-0.3, -0.25) is 9.69 Å². The first-order chi connectivity index (χ1) is 13.3. The van der Waals surface area contributed by atoms with Crippen molar-refractivity contribution in [1.29, 1.82) is 0 Å². The van der Waals surface area contributed by atoms with E-state index in [-0.39, 0.29) is 18.3 Å². The number of aliphatic hydroxyl groups is 1. The fraction of sp³-hybridized carbons (Fsp3) is 0.429.